The topological polar surface area (TPSA) is 62.1 Å². The van der Waals surface area contributed by atoms with E-state index in [1.54, 1.807) is 31.2 Å². The summed E-state index contributed by atoms with van der Waals surface area (Å²) in [5, 5.41) is 16.4. The lowest BCUT2D eigenvalue weighted by Gasteiger charge is -2.31. The molecule has 1 atom stereocenters. The highest BCUT2D eigenvalue weighted by atomic mass is 79.9. The van der Waals surface area contributed by atoms with Gasteiger partial charge in [0.05, 0.1) is 0 Å². The maximum absolute atomic E-state index is 12.5. The summed E-state index contributed by atoms with van der Waals surface area (Å²) < 4.78 is 6.38. The van der Waals surface area contributed by atoms with Gasteiger partial charge in [0.1, 0.15) is 5.75 Å². The first-order valence-electron chi connectivity index (χ1n) is 7.52. The lowest BCUT2D eigenvalue weighted by molar-refractivity contribution is -0.159. The van der Waals surface area contributed by atoms with Gasteiger partial charge in [0, 0.05) is 22.2 Å². The molecular formula is C18H17BrN2O3. The van der Waals surface area contributed by atoms with Crippen LogP contribution in [0.5, 0.6) is 5.75 Å². The van der Waals surface area contributed by atoms with Crippen molar-refractivity contribution in [3.05, 3.63) is 64.6 Å². The van der Waals surface area contributed by atoms with Crippen molar-refractivity contribution in [1.82, 2.24) is 5.01 Å². The normalized spacial score (nSPS) is 20.0. The molecule has 2 aromatic carbocycles. The van der Waals surface area contributed by atoms with Crippen molar-refractivity contribution >= 4 is 27.5 Å². The van der Waals surface area contributed by atoms with Gasteiger partial charge in [0.2, 0.25) is 0 Å². The van der Waals surface area contributed by atoms with Crippen molar-refractivity contribution < 1.29 is 14.6 Å². The smallest absolute Gasteiger partial charge is 0.283 e. The Kier molecular flexibility index (Phi) is 4.69. The number of halogens is 1. The van der Waals surface area contributed by atoms with Crippen LogP contribution in [-0.4, -0.2) is 28.3 Å². The van der Waals surface area contributed by atoms with E-state index in [4.69, 9.17) is 4.74 Å². The van der Waals surface area contributed by atoms with Crippen LogP contribution in [-0.2, 0) is 10.5 Å². The number of carbonyl (C=O) groups is 1. The van der Waals surface area contributed by atoms with Crippen molar-refractivity contribution in [2.45, 2.75) is 19.1 Å². The average molecular weight is 389 g/mol. The van der Waals surface area contributed by atoms with E-state index < -0.39 is 11.6 Å². The molecule has 0 fully saturated rings. The summed E-state index contributed by atoms with van der Waals surface area (Å²) in [6, 6.07) is 16.3. The minimum Gasteiger partial charge on any atom is -0.484 e. The van der Waals surface area contributed by atoms with Crippen molar-refractivity contribution in [2.24, 2.45) is 5.10 Å². The summed E-state index contributed by atoms with van der Waals surface area (Å²) in [4.78, 5) is 12.5. The minimum atomic E-state index is -1.48. The molecule has 6 heteroatoms. The third-order valence-electron chi connectivity index (χ3n) is 3.77. The SMILES string of the molecule is CC1=NN(C(=O)COc2ccccc2)[C@@](O)(c2ccc(Br)cc2)C1. The predicted octanol–water partition coefficient (Wildman–Crippen LogP) is 3.28. The Morgan fingerprint density at radius 3 is 2.58 bits per heavy atom. The molecule has 0 radical (unpaired) electrons. The average Bonchev–Trinajstić information content (AvgIpc) is 2.90. The fraction of sp³-hybridized carbons (Fsp3) is 0.222. The van der Waals surface area contributed by atoms with Crippen LogP contribution in [0.1, 0.15) is 18.9 Å². The molecule has 0 aliphatic carbocycles. The number of amides is 1. The molecule has 0 bridgehead atoms. The third-order valence-corrected chi connectivity index (χ3v) is 4.30. The van der Waals surface area contributed by atoms with Gasteiger partial charge in [-0.3, -0.25) is 4.79 Å². The highest BCUT2D eigenvalue weighted by Gasteiger charge is 2.44. The molecule has 0 unspecified atom stereocenters. The molecule has 1 aliphatic heterocycles. The van der Waals surface area contributed by atoms with E-state index in [-0.39, 0.29) is 13.0 Å². The zero-order chi connectivity index (χ0) is 17.2. The quantitative estimate of drug-likeness (QED) is 0.873. The Hall–Kier alpha value is -2.18. The number of hydrogen-bond donors (Lipinski definition) is 1. The molecule has 2 aromatic rings. The van der Waals surface area contributed by atoms with Crippen LogP contribution in [0.2, 0.25) is 0 Å². The summed E-state index contributed by atoms with van der Waals surface area (Å²) in [6.45, 7) is 1.59. The highest BCUT2D eigenvalue weighted by molar-refractivity contribution is 9.10. The summed E-state index contributed by atoms with van der Waals surface area (Å²) in [5.74, 6) is 0.194. The van der Waals surface area contributed by atoms with E-state index in [0.29, 0.717) is 17.0 Å². The Morgan fingerprint density at radius 2 is 1.92 bits per heavy atom. The van der Waals surface area contributed by atoms with E-state index in [0.717, 1.165) is 9.48 Å². The number of hydrazone groups is 1. The second kappa shape index (κ2) is 6.75. The molecule has 1 heterocycles. The predicted molar refractivity (Wildman–Crippen MR) is 94.5 cm³/mol. The summed E-state index contributed by atoms with van der Waals surface area (Å²) in [5.41, 5.74) is -0.185. The maximum Gasteiger partial charge on any atom is 0.283 e. The molecule has 1 amide bonds. The summed E-state index contributed by atoms with van der Waals surface area (Å²) >= 11 is 3.37. The summed E-state index contributed by atoms with van der Waals surface area (Å²) in [7, 11) is 0. The first-order valence-corrected chi connectivity index (χ1v) is 8.32. The zero-order valence-electron chi connectivity index (χ0n) is 13.1. The van der Waals surface area contributed by atoms with E-state index in [1.165, 1.54) is 0 Å². The number of nitrogens with zero attached hydrogens (tertiary/aromatic N) is 2. The van der Waals surface area contributed by atoms with Gasteiger partial charge in [0.25, 0.3) is 5.91 Å². The third kappa shape index (κ3) is 3.34. The first-order chi connectivity index (χ1) is 11.5. The largest absolute Gasteiger partial charge is 0.484 e. The van der Waals surface area contributed by atoms with Crippen LogP contribution in [0, 0.1) is 0 Å². The standard InChI is InChI=1S/C18H17BrN2O3/c1-13-11-18(23,14-7-9-15(19)10-8-14)21(20-13)17(22)12-24-16-5-3-2-4-6-16/h2-10,23H,11-12H2,1H3/t18-/m0/s1. The first kappa shape index (κ1) is 16.7. The molecule has 1 N–H and O–H groups in total. The van der Waals surface area contributed by atoms with E-state index in [9.17, 15) is 9.90 Å². The van der Waals surface area contributed by atoms with Crippen molar-refractivity contribution in [3.63, 3.8) is 0 Å². The van der Waals surface area contributed by atoms with Crippen LogP contribution in [0.15, 0.2) is 64.2 Å². The van der Waals surface area contributed by atoms with Crippen LogP contribution >= 0.6 is 15.9 Å². The van der Waals surface area contributed by atoms with Gasteiger partial charge < -0.3 is 9.84 Å². The van der Waals surface area contributed by atoms with Crippen molar-refractivity contribution in [2.75, 3.05) is 6.61 Å². The van der Waals surface area contributed by atoms with Crippen LogP contribution in [0.25, 0.3) is 0 Å². The molecule has 5 nitrogen and oxygen atoms in total. The molecule has 124 valence electrons. The van der Waals surface area contributed by atoms with Gasteiger partial charge in [-0.15, -0.1) is 0 Å². The van der Waals surface area contributed by atoms with Gasteiger partial charge in [-0.05, 0) is 31.2 Å². The Bertz CT molecular complexity index is 762. The molecule has 0 saturated heterocycles. The monoisotopic (exact) mass is 388 g/mol. The van der Waals surface area contributed by atoms with Gasteiger partial charge >= 0.3 is 0 Å². The number of para-hydroxylation sites is 1. The lowest BCUT2D eigenvalue weighted by Crippen LogP contribution is -2.45. The Balaban J connectivity index is 1.78. The van der Waals surface area contributed by atoms with Crippen LogP contribution < -0.4 is 4.74 Å². The molecule has 0 aromatic heterocycles. The molecule has 0 saturated carbocycles. The second-order valence-electron chi connectivity index (χ2n) is 5.64. The number of benzene rings is 2. The van der Waals surface area contributed by atoms with Crippen molar-refractivity contribution in [1.29, 1.82) is 0 Å². The maximum atomic E-state index is 12.5. The van der Waals surface area contributed by atoms with Gasteiger partial charge in [0.15, 0.2) is 12.3 Å². The number of ether oxygens (including phenoxy) is 1. The number of hydrogen-bond acceptors (Lipinski definition) is 4. The lowest BCUT2D eigenvalue weighted by atomic mass is 9.98. The molecular weight excluding hydrogens is 372 g/mol. The zero-order valence-corrected chi connectivity index (χ0v) is 14.7. The minimum absolute atomic E-state index is 0.195. The van der Waals surface area contributed by atoms with Gasteiger partial charge in [-0.1, -0.05) is 46.3 Å². The molecule has 24 heavy (non-hydrogen) atoms. The highest BCUT2D eigenvalue weighted by Crippen LogP contribution is 2.35. The number of aliphatic hydroxyl groups is 1. The van der Waals surface area contributed by atoms with Crippen LogP contribution in [0.3, 0.4) is 0 Å². The number of rotatable bonds is 4. The Labute approximate surface area is 148 Å². The number of carbonyl (C=O) groups excluding carboxylic acids is 1. The Morgan fingerprint density at radius 1 is 1.25 bits per heavy atom. The van der Waals surface area contributed by atoms with E-state index in [1.807, 2.05) is 30.3 Å². The molecule has 3 rings (SSSR count). The molecule has 0 spiro atoms. The second-order valence-corrected chi connectivity index (χ2v) is 6.56. The molecule has 1 aliphatic rings. The fourth-order valence-corrected chi connectivity index (χ4v) is 2.91. The van der Waals surface area contributed by atoms with Crippen molar-refractivity contribution in [3.8, 4) is 5.75 Å². The summed E-state index contributed by atoms with van der Waals surface area (Å²) in [6.07, 6.45) is 0.270. The van der Waals surface area contributed by atoms with Gasteiger partial charge in [-0.25, -0.2) is 0 Å². The van der Waals surface area contributed by atoms with Gasteiger partial charge in [-0.2, -0.15) is 10.1 Å². The van der Waals surface area contributed by atoms with Crippen LogP contribution in [0.4, 0.5) is 0 Å². The van der Waals surface area contributed by atoms with E-state index >= 15 is 0 Å². The van der Waals surface area contributed by atoms with E-state index in [2.05, 4.69) is 21.0 Å². The fourth-order valence-electron chi connectivity index (χ4n) is 2.65.